The molecule has 0 atom stereocenters. The van der Waals surface area contributed by atoms with Crippen LogP contribution < -0.4 is 10.3 Å². The van der Waals surface area contributed by atoms with Gasteiger partial charge in [0.2, 0.25) is 0 Å². The van der Waals surface area contributed by atoms with Crippen molar-refractivity contribution in [1.29, 1.82) is 5.26 Å². The van der Waals surface area contributed by atoms with Crippen molar-refractivity contribution in [2.45, 2.75) is 37.0 Å². The van der Waals surface area contributed by atoms with E-state index in [9.17, 15) is 13.2 Å². The van der Waals surface area contributed by atoms with E-state index in [1.807, 2.05) is 12.1 Å². The molecule has 0 aliphatic heterocycles. The van der Waals surface area contributed by atoms with Crippen LogP contribution in [-0.4, -0.2) is 14.3 Å². The molecule has 0 unspecified atom stereocenters. The number of carbonyl (C=O) groups excluding carboxylic acids is 1. The van der Waals surface area contributed by atoms with Gasteiger partial charge in [-0.15, -0.1) is 16.2 Å². The minimum absolute atomic E-state index is 0.0205. The van der Waals surface area contributed by atoms with Crippen LogP contribution in [0.2, 0.25) is 0 Å². The zero-order valence-electron chi connectivity index (χ0n) is 13.4. The zero-order chi connectivity index (χ0) is 17.9. The molecule has 1 aromatic heterocycles. The summed E-state index contributed by atoms with van der Waals surface area (Å²) in [6.45, 7) is 0. The molecule has 3 rings (SSSR count). The van der Waals surface area contributed by atoms with Crippen molar-refractivity contribution in [3.05, 3.63) is 51.2 Å². The topological polar surface area (TPSA) is 99.1 Å². The van der Waals surface area contributed by atoms with Crippen LogP contribution in [0.5, 0.6) is 0 Å². The molecule has 1 aromatic carbocycles. The molecule has 1 amide bonds. The van der Waals surface area contributed by atoms with Gasteiger partial charge in [0.05, 0.1) is 10.4 Å². The Kier molecular flexibility index (Phi) is 5.18. The van der Waals surface area contributed by atoms with Gasteiger partial charge in [-0.1, -0.05) is 18.6 Å². The lowest BCUT2D eigenvalue weighted by atomic mass is 10.1. The Labute approximate surface area is 150 Å². The number of amides is 1. The largest absolute Gasteiger partial charge is 0.276 e. The number of aryl methyl sites for hydroxylation is 2. The highest BCUT2D eigenvalue weighted by atomic mass is 32.2. The van der Waals surface area contributed by atoms with Crippen LogP contribution in [0.25, 0.3) is 0 Å². The average molecular weight is 375 g/mol. The van der Waals surface area contributed by atoms with E-state index in [-0.39, 0.29) is 10.5 Å². The van der Waals surface area contributed by atoms with Crippen LogP contribution in [0.3, 0.4) is 0 Å². The molecule has 0 spiro atoms. The normalized spacial score (nSPS) is 14.2. The van der Waals surface area contributed by atoms with E-state index in [0.717, 1.165) is 25.7 Å². The number of carbonyl (C=O) groups is 1. The second-order valence-corrected chi connectivity index (χ2v) is 8.57. The molecule has 1 heterocycles. The van der Waals surface area contributed by atoms with Crippen LogP contribution in [0.4, 0.5) is 0 Å². The van der Waals surface area contributed by atoms with E-state index < -0.39 is 15.9 Å². The van der Waals surface area contributed by atoms with Gasteiger partial charge in [0, 0.05) is 4.88 Å². The van der Waals surface area contributed by atoms with Crippen molar-refractivity contribution in [3.8, 4) is 6.07 Å². The van der Waals surface area contributed by atoms with Crippen LogP contribution in [0.15, 0.2) is 35.2 Å². The second kappa shape index (κ2) is 7.35. The van der Waals surface area contributed by atoms with Crippen LogP contribution in [0.1, 0.15) is 44.9 Å². The number of rotatable bonds is 4. The third kappa shape index (κ3) is 3.90. The molecule has 0 saturated carbocycles. The Morgan fingerprint density at radius 2 is 1.92 bits per heavy atom. The molecular weight excluding hydrogens is 358 g/mol. The molecule has 0 bridgehead atoms. The molecule has 2 N–H and O–H groups in total. The summed E-state index contributed by atoms with van der Waals surface area (Å²) in [5, 5.41) is 9.03. The van der Waals surface area contributed by atoms with E-state index in [1.165, 1.54) is 46.4 Å². The van der Waals surface area contributed by atoms with Crippen molar-refractivity contribution in [3.63, 3.8) is 0 Å². The van der Waals surface area contributed by atoms with E-state index >= 15 is 0 Å². The molecule has 25 heavy (non-hydrogen) atoms. The summed E-state index contributed by atoms with van der Waals surface area (Å²) in [6, 6.07) is 9.50. The fraction of sp³-hybridized carbons (Fsp3) is 0.294. The van der Waals surface area contributed by atoms with Crippen LogP contribution >= 0.6 is 11.3 Å². The lowest BCUT2D eigenvalue weighted by molar-refractivity contribution is 0.0949. The first-order valence-electron chi connectivity index (χ1n) is 7.94. The Hall–Kier alpha value is -2.21. The van der Waals surface area contributed by atoms with Gasteiger partial charge in [0.25, 0.3) is 15.9 Å². The number of hydrogen-bond acceptors (Lipinski definition) is 5. The summed E-state index contributed by atoms with van der Waals surface area (Å²) in [5.41, 5.74) is 3.44. The van der Waals surface area contributed by atoms with Crippen molar-refractivity contribution < 1.29 is 13.2 Å². The number of thiophene rings is 1. The molecule has 1 aliphatic rings. The zero-order valence-corrected chi connectivity index (χ0v) is 15.0. The Morgan fingerprint density at radius 3 is 2.72 bits per heavy atom. The summed E-state index contributed by atoms with van der Waals surface area (Å²) in [7, 11) is -4.01. The first-order valence-corrected chi connectivity index (χ1v) is 10.2. The summed E-state index contributed by atoms with van der Waals surface area (Å²) in [6.07, 6.45) is 5.35. The van der Waals surface area contributed by atoms with Crippen LogP contribution in [0, 0.1) is 11.3 Å². The highest BCUT2D eigenvalue weighted by Gasteiger charge is 2.21. The molecule has 6 nitrogen and oxygen atoms in total. The smallest absolute Gasteiger partial charge is 0.273 e. The molecule has 2 aromatic rings. The number of benzene rings is 1. The quantitative estimate of drug-likeness (QED) is 0.633. The maximum Gasteiger partial charge on any atom is 0.276 e. The van der Waals surface area contributed by atoms with E-state index in [2.05, 4.69) is 10.3 Å². The lowest BCUT2D eigenvalue weighted by Gasteiger charge is -2.08. The maximum absolute atomic E-state index is 12.3. The highest BCUT2D eigenvalue weighted by Crippen LogP contribution is 2.28. The molecule has 130 valence electrons. The first kappa shape index (κ1) is 17.6. The lowest BCUT2D eigenvalue weighted by Crippen LogP contribution is -2.41. The van der Waals surface area contributed by atoms with Gasteiger partial charge < -0.3 is 0 Å². The summed E-state index contributed by atoms with van der Waals surface area (Å²) in [4.78, 5) is 15.9. The minimum atomic E-state index is -4.01. The van der Waals surface area contributed by atoms with E-state index in [0.29, 0.717) is 4.88 Å². The standard InChI is InChI=1S/C17H17N3O3S2/c18-11-13-7-4-5-9-16(13)25(22,23)20-19-17(21)15-10-12-6-2-1-3-8-14(12)24-15/h4-5,7,9-10,20H,1-3,6,8H2,(H,19,21). The van der Waals surface area contributed by atoms with Gasteiger partial charge >= 0.3 is 0 Å². The predicted octanol–water partition coefficient (Wildman–Crippen LogP) is 2.51. The number of nitrogens with zero attached hydrogens (tertiary/aromatic N) is 1. The number of nitriles is 1. The average Bonchev–Trinajstić information content (AvgIpc) is 2.90. The minimum Gasteiger partial charge on any atom is -0.273 e. The summed E-state index contributed by atoms with van der Waals surface area (Å²) in [5.74, 6) is -0.490. The van der Waals surface area contributed by atoms with Crippen molar-refractivity contribution >= 4 is 27.3 Å². The van der Waals surface area contributed by atoms with Gasteiger partial charge in [0.15, 0.2) is 0 Å². The number of fused-ring (bicyclic) bond motifs is 1. The van der Waals surface area contributed by atoms with Gasteiger partial charge in [0.1, 0.15) is 11.0 Å². The number of sulfonamides is 1. The van der Waals surface area contributed by atoms with Gasteiger partial charge in [-0.25, -0.2) is 8.42 Å². The second-order valence-electron chi connectivity index (χ2n) is 5.79. The monoisotopic (exact) mass is 375 g/mol. The summed E-state index contributed by atoms with van der Waals surface area (Å²) < 4.78 is 24.6. The predicted molar refractivity (Wildman–Crippen MR) is 94.5 cm³/mol. The van der Waals surface area contributed by atoms with Crippen molar-refractivity contribution in [2.75, 3.05) is 0 Å². The molecule has 0 fully saturated rings. The molecule has 0 saturated heterocycles. The maximum atomic E-state index is 12.3. The SMILES string of the molecule is N#Cc1ccccc1S(=O)(=O)NNC(=O)c1cc2c(s1)CCCCC2. The first-order chi connectivity index (χ1) is 12.0. The highest BCUT2D eigenvalue weighted by molar-refractivity contribution is 7.89. The van der Waals surface area contributed by atoms with Crippen molar-refractivity contribution in [1.82, 2.24) is 10.3 Å². The van der Waals surface area contributed by atoms with Gasteiger partial charge in [-0.05, 0) is 49.4 Å². The molecule has 0 radical (unpaired) electrons. The third-order valence-electron chi connectivity index (χ3n) is 4.07. The Balaban J connectivity index is 1.73. The number of nitrogens with one attached hydrogen (secondary N) is 2. The fourth-order valence-electron chi connectivity index (χ4n) is 2.80. The van der Waals surface area contributed by atoms with Crippen LogP contribution in [-0.2, 0) is 22.9 Å². The van der Waals surface area contributed by atoms with Gasteiger partial charge in [-0.3, -0.25) is 10.2 Å². The van der Waals surface area contributed by atoms with Gasteiger partial charge in [-0.2, -0.15) is 5.26 Å². The van der Waals surface area contributed by atoms with Crippen molar-refractivity contribution in [2.24, 2.45) is 0 Å². The fourth-order valence-corrected chi connectivity index (χ4v) is 4.95. The number of hydrogen-bond donors (Lipinski definition) is 2. The third-order valence-corrected chi connectivity index (χ3v) is 6.61. The summed E-state index contributed by atoms with van der Waals surface area (Å²) >= 11 is 1.41. The number of hydrazine groups is 1. The molecule has 8 heteroatoms. The van der Waals surface area contributed by atoms with E-state index in [1.54, 1.807) is 6.07 Å². The molecule has 1 aliphatic carbocycles. The molecular formula is C17H17N3O3S2. The van der Waals surface area contributed by atoms with E-state index in [4.69, 9.17) is 5.26 Å². The Morgan fingerprint density at radius 1 is 1.16 bits per heavy atom. The Bertz CT molecular complexity index is 919.